The predicted molar refractivity (Wildman–Crippen MR) is 90.1 cm³/mol. The standard InChI is InChI=1S/C17H21N3O2S/c21-23(22,16-6-2-1-3-7-16)20-12-14-8-10-19-17(11-14)15-5-4-9-18-13-15/h4-5,8-11,13,16,20H,1-3,6-7,12H2. The number of nitrogens with one attached hydrogen (secondary N) is 1. The molecule has 122 valence electrons. The first-order chi connectivity index (χ1) is 11.1. The fourth-order valence-corrected chi connectivity index (χ4v) is 4.49. The van der Waals surface area contributed by atoms with E-state index in [2.05, 4.69) is 14.7 Å². The number of sulfonamides is 1. The molecule has 1 aliphatic carbocycles. The van der Waals surface area contributed by atoms with E-state index in [4.69, 9.17) is 0 Å². The summed E-state index contributed by atoms with van der Waals surface area (Å²) in [5.41, 5.74) is 2.62. The number of nitrogens with zero attached hydrogens (tertiary/aromatic N) is 2. The molecule has 1 saturated carbocycles. The van der Waals surface area contributed by atoms with Gasteiger partial charge < -0.3 is 0 Å². The van der Waals surface area contributed by atoms with Crippen LogP contribution in [-0.2, 0) is 16.6 Å². The Bertz CT molecular complexity index is 741. The smallest absolute Gasteiger partial charge is 0.214 e. The van der Waals surface area contributed by atoms with Crippen LogP contribution in [0.1, 0.15) is 37.7 Å². The van der Waals surface area contributed by atoms with Crippen molar-refractivity contribution in [3.63, 3.8) is 0 Å². The number of hydrogen-bond donors (Lipinski definition) is 1. The van der Waals surface area contributed by atoms with Crippen LogP contribution in [0.3, 0.4) is 0 Å². The lowest BCUT2D eigenvalue weighted by molar-refractivity contribution is 0.477. The first-order valence-electron chi connectivity index (χ1n) is 7.99. The lowest BCUT2D eigenvalue weighted by Gasteiger charge is -2.22. The third kappa shape index (κ3) is 4.14. The van der Waals surface area contributed by atoms with Crippen molar-refractivity contribution < 1.29 is 8.42 Å². The molecular formula is C17H21N3O2S. The van der Waals surface area contributed by atoms with E-state index < -0.39 is 10.0 Å². The van der Waals surface area contributed by atoms with Gasteiger partial charge in [0.25, 0.3) is 0 Å². The molecule has 5 nitrogen and oxygen atoms in total. The summed E-state index contributed by atoms with van der Waals surface area (Å²) in [6.45, 7) is 0.300. The van der Waals surface area contributed by atoms with E-state index >= 15 is 0 Å². The van der Waals surface area contributed by atoms with Crippen molar-refractivity contribution in [3.8, 4) is 11.3 Å². The summed E-state index contributed by atoms with van der Waals surface area (Å²) in [7, 11) is -3.24. The fraction of sp³-hybridized carbons (Fsp3) is 0.412. The Morgan fingerprint density at radius 3 is 2.70 bits per heavy atom. The second-order valence-electron chi connectivity index (χ2n) is 5.92. The van der Waals surface area contributed by atoms with E-state index in [9.17, 15) is 8.42 Å². The largest absolute Gasteiger partial charge is 0.264 e. The number of hydrogen-bond acceptors (Lipinski definition) is 4. The summed E-state index contributed by atoms with van der Waals surface area (Å²) in [5, 5.41) is -0.240. The third-order valence-electron chi connectivity index (χ3n) is 4.25. The van der Waals surface area contributed by atoms with Gasteiger partial charge >= 0.3 is 0 Å². The average Bonchev–Trinajstić information content (AvgIpc) is 2.62. The van der Waals surface area contributed by atoms with Crippen molar-refractivity contribution in [3.05, 3.63) is 48.4 Å². The van der Waals surface area contributed by atoms with Crippen LogP contribution in [0.2, 0.25) is 0 Å². The molecular weight excluding hydrogens is 310 g/mol. The van der Waals surface area contributed by atoms with Gasteiger partial charge in [-0.05, 0) is 42.7 Å². The number of rotatable bonds is 5. The van der Waals surface area contributed by atoms with Gasteiger partial charge in [0.15, 0.2) is 0 Å². The van der Waals surface area contributed by atoms with Crippen LogP contribution in [0, 0.1) is 0 Å². The molecule has 0 aliphatic heterocycles. The van der Waals surface area contributed by atoms with Crippen molar-refractivity contribution in [1.82, 2.24) is 14.7 Å². The molecule has 1 fully saturated rings. The van der Waals surface area contributed by atoms with E-state index in [0.717, 1.165) is 48.9 Å². The van der Waals surface area contributed by atoms with Crippen LogP contribution in [0.4, 0.5) is 0 Å². The maximum absolute atomic E-state index is 12.4. The van der Waals surface area contributed by atoms with Crippen LogP contribution >= 0.6 is 0 Å². The van der Waals surface area contributed by atoms with Gasteiger partial charge in [0, 0.05) is 30.7 Å². The van der Waals surface area contributed by atoms with Crippen molar-refractivity contribution in [2.24, 2.45) is 0 Å². The summed E-state index contributed by atoms with van der Waals surface area (Å²) < 4.78 is 27.5. The Morgan fingerprint density at radius 1 is 1.13 bits per heavy atom. The Kier molecular flexibility index (Phi) is 5.03. The molecule has 0 unspecified atom stereocenters. The van der Waals surface area contributed by atoms with E-state index in [-0.39, 0.29) is 5.25 Å². The van der Waals surface area contributed by atoms with Gasteiger partial charge in [-0.1, -0.05) is 19.3 Å². The molecule has 0 saturated heterocycles. The van der Waals surface area contributed by atoms with Crippen molar-refractivity contribution in [1.29, 1.82) is 0 Å². The highest BCUT2D eigenvalue weighted by Gasteiger charge is 2.26. The van der Waals surface area contributed by atoms with Gasteiger partial charge in [-0.25, -0.2) is 13.1 Å². The van der Waals surface area contributed by atoms with Crippen LogP contribution in [0.25, 0.3) is 11.3 Å². The first kappa shape index (κ1) is 16.1. The van der Waals surface area contributed by atoms with Crippen LogP contribution < -0.4 is 4.72 Å². The van der Waals surface area contributed by atoms with Crippen molar-refractivity contribution in [2.75, 3.05) is 0 Å². The third-order valence-corrected chi connectivity index (χ3v) is 6.15. The molecule has 0 radical (unpaired) electrons. The lowest BCUT2D eigenvalue weighted by atomic mass is 10.0. The molecule has 0 atom stereocenters. The maximum atomic E-state index is 12.4. The van der Waals surface area contributed by atoms with Crippen LogP contribution in [-0.4, -0.2) is 23.6 Å². The number of pyridine rings is 2. The minimum atomic E-state index is -3.24. The molecule has 1 aliphatic rings. The van der Waals surface area contributed by atoms with E-state index in [0.29, 0.717) is 6.54 Å². The van der Waals surface area contributed by atoms with Crippen molar-refractivity contribution >= 4 is 10.0 Å². The summed E-state index contributed by atoms with van der Waals surface area (Å²) in [4.78, 5) is 8.41. The molecule has 0 amide bonds. The van der Waals surface area contributed by atoms with Gasteiger partial charge in [0.2, 0.25) is 10.0 Å². The SMILES string of the molecule is O=S(=O)(NCc1ccnc(-c2cccnc2)c1)C1CCCCC1. The minimum absolute atomic E-state index is 0.240. The van der Waals surface area contributed by atoms with Crippen LogP contribution in [0.5, 0.6) is 0 Å². The monoisotopic (exact) mass is 331 g/mol. The normalized spacial score (nSPS) is 16.3. The van der Waals surface area contributed by atoms with Gasteiger partial charge in [-0.2, -0.15) is 0 Å². The van der Waals surface area contributed by atoms with E-state index in [1.807, 2.05) is 24.3 Å². The molecule has 0 bridgehead atoms. The summed E-state index contributed by atoms with van der Waals surface area (Å²) in [6.07, 6.45) is 9.86. The molecule has 2 aromatic rings. The van der Waals surface area contributed by atoms with Crippen molar-refractivity contribution in [2.45, 2.75) is 43.9 Å². The molecule has 0 aromatic carbocycles. The molecule has 23 heavy (non-hydrogen) atoms. The average molecular weight is 331 g/mol. The minimum Gasteiger partial charge on any atom is -0.264 e. The first-order valence-corrected chi connectivity index (χ1v) is 9.53. The summed E-state index contributed by atoms with van der Waals surface area (Å²) in [6, 6.07) is 7.53. The second-order valence-corrected chi connectivity index (χ2v) is 7.96. The molecule has 0 spiro atoms. The summed E-state index contributed by atoms with van der Waals surface area (Å²) >= 11 is 0. The van der Waals surface area contributed by atoms with Gasteiger partial charge in [0.1, 0.15) is 0 Å². The Hall–Kier alpha value is -1.79. The van der Waals surface area contributed by atoms with E-state index in [1.165, 1.54) is 0 Å². The molecule has 1 N–H and O–H groups in total. The Balaban J connectivity index is 1.69. The predicted octanol–water partition coefficient (Wildman–Crippen LogP) is 2.90. The molecule has 2 aromatic heterocycles. The highest BCUT2D eigenvalue weighted by Crippen LogP contribution is 2.23. The van der Waals surface area contributed by atoms with Crippen LogP contribution in [0.15, 0.2) is 42.9 Å². The zero-order chi connectivity index (χ0) is 16.1. The van der Waals surface area contributed by atoms with E-state index in [1.54, 1.807) is 18.6 Å². The Morgan fingerprint density at radius 2 is 1.96 bits per heavy atom. The highest BCUT2D eigenvalue weighted by atomic mass is 32.2. The highest BCUT2D eigenvalue weighted by molar-refractivity contribution is 7.90. The second kappa shape index (κ2) is 7.19. The number of aromatic nitrogens is 2. The summed E-state index contributed by atoms with van der Waals surface area (Å²) in [5.74, 6) is 0. The topological polar surface area (TPSA) is 72.0 Å². The van der Waals surface area contributed by atoms with Gasteiger partial charge in [-0.15, -0.1) is 0 Å². The quantitative estimate of drug-likeness (QED) is 0.914. The molecule has 3 rings (SSSR count). The zero-order valence-electron chi connectivity index (χ0n) is 13.0. The molecule has 2 heterocycles. The Labute approximate surface area is 137 Å². The molecule has 6 heteroatoms. The maximum Gasteiger partial charge on any atom is 0.214 e. The van der Waals surface area contributed by atoms with Gasteiger partial charge in [-0.3, -0.25) is 9.97 Å². The lowest BCUT2D eigenvalue weighted by Crippen LogP contribution is -2.35. The van der Waals surface area contributed by atoms with Gasteiger partial charge in [0.05, 0.1) is 10.9 Å². The zero-order valence-corrected chi connectivity index (χ0v) is 13.8. The fourth-order valence-electron chi connectivity index (χ4n) is 2.93.